The third kappa shape index (κ3) is 3.38. The van der Waals surface area contributed by atoms with Crippen LogP contribution in [0.15, 0.2) is 48.3 Å². The molecule has 1 N–H and O–H groups in total. The summed E-state index contributed by atoms with van der Waals surface area (Å²) in [7, 11) is 1.92. The van der Waals surface area contributed by atoms with Gasteiger partial charge in [0.25, 0.3) is 0 Å². The van der Waals surface area contributed by atoms with Gasteiger partial charge in [0.05, 0.1) is 0 Å². The van der Waals surface area contributed by atoms with E-state index >= 15 is 0 Å². The van der Waals surface area contributed by atoms with Crippen LogP contribution >= 0.6 is 0 Å². The Morgan fingerprint density at radius 1 is 1.21 bits per heavy atom. The van der Waals surface area contributed by atoms with Crippen molar-refractivity contribution in [1.82, 2.24) is 4.98 Å². The number of carbonyl (C=O) groups is 3. The maximum absolute atomic E-state index is 12.7. The van der Waals surface area contributed by atoms with Crippen molar-refractivity contribution in [1.29, 1.82) is 0 Å². The minimum Gasteiger partial charge on any atom is -0.450 e. The number of ketones is 2. The summed E-state index contributed by atoms with van der Waals surface area (Å²) in [5, 5.41) is 0. The highest BCUT2D eigenvalue weighted by molar-refractivity contribution is 6.00. The van der Waals surface area contributed by atoms with Gasteiger partial charge in [0, 0.05) is 41.7 Å². The molecule has 1 aliphatic heterocycles. The number of Topliss-reactive ketones (excluding diaryl/α,β-unsaturated/α-hetero) is 1. The highest BCUT2D eigenvalue weighted by Crippen LogP contribution is 2.46. The first-order valence-corrected chi connectivity index (χ1v) is 9.12. The Bertz CT molecular complexity index is 984. The number of nitrogens with zero attached hydrogens (tertiary/aromatic N) is 1. The quantitative estimate of drug-likeness (QED) is 0.487. The SMILES string of the molecule is CC(=O)c1c[nH]c(C(=O)OC(C)C(=O)C=C2N(C)c3ccccc3C2(C)C)c1. The van der Waals surface area contributed by atoms with Gasteiger partial charge in [-0.1, -0.05) is 32.0 Å². The topological polar surface area (TPSA) is 79.5 Å². The number of aromatic nitrogens is 1. The molecule has 1 aliphatic rings. The molecule has 146 valence electrons. The second kappa shape index (κ2) is 7.11. The summed E-state index contributed by atoms with van der Waals surface area (Å²) in [6, 6.07) is 9.44. The number of hydrogen-bond donors (Lipinski definition) is 1. The zero-order valence-electron chi connectivity index (χ0n) is 16.7. The van der Waals surface area contributed by atoms with E-state index in [2.05, 4.69) is 24.9 Å². The predicted molar refractivity (Wildman–Crippen MR) is 107 cm³/mol. The molecule has 0 saturated carbocycles. The minimum absolute atomic E-state index is 0.142. The number of nitrogens with one attached hydrogen (secondary N) is 1. The highest BCUT2D eigenvalue weighted by atomic mass is 16.5. The summed E-state index contributed by atoms with van der Waals surface area (Å²) >= 11 is 0. The number of carbonyl (C=O) groups excluding carboxylic acids is 3. The Morgan fingerprint density at radius 3 is 2.50 bits per heavy atom. The van der Waals surface area contributed by atoms with E-state index in [1.807, 2.05) is 30.1 Å². The third-order valence-electron chi connectivity index (χ3n) is 5.21. The summed E-state index contributed by atoms with van der Waals surface area (Å²) in [4.78, 5) is 41.0. The van der Waals surface area contributed by atoms with Gasteiger partial charge in [0.15, 0.2) is 17.7 Å². The number of ether oxygens (including phenoxy) is 1. The lowest BCUT2D eigenvalue weighted by atomic mass is 9.83. The number of anilines is 1. The van der Waals surface area contributed by atoms with Crippen molar-refractivity contribution in [3.8, 4) is 0 Å². The standard InChI is InChI=1S/C22H24N2O4/c1-13(25)15-10-17(23-12-15)21(27)28-14(2)19(26)11-20-22(3,4)16-8-6-7-9-18(16)24(20)5/h6-12,14,23H,1-5H3. The lowest BCUT2D eigenvalue weighted by molar-refractivity contribution is -0.122. The molecule has 3 rings (SSSR count). The smallest absolute Gasteiger partial charge is 0.355 e. The highest BCUT2D eigenvalue weighted by Gasteiger charge is 2.39. The summed E-state index contributed by atoms with van der Waals surface area (Å²) in [5.74, 6) is -1.13. The van der Waals surface area contributed by atoms with E-state index in [0.29, 0.717) is 5.56 Å². The van der Waals surface area contributed by atoms with Crippen LogP contribution in [0.4, 0.5) is 5.69 Å². The normalized spacial score (nSPS) is 17.3. The van der Waals surface area contributed by atoms with Gasteiger partial charge in [-0.25, -0.2) is 4.79 Å². The van der Waals surface area contributed by atoms with Crippen molar-refractivity contribution < 1.29 is 19.1 Å². The molecule has 6 nitrogen and oxygen atoms in total. The average Bonchev–Trinajstić information content (AvgIpc) is 3.21. The molecule has 28 heavy (non-hydrogen) atoms. The Morgan fingerprint density at radius 2 is 1.89 bits per heavy atom. The minimum atomic E-state index is -0.947. The van der Waals surface area contributed by atoms with E-state index < -0.39 is 12.1 Å². The summed E-state index contributed by atoms with van der Waals surface area (Å²) < 4.78 is 5.29. The molecule has 1 unspecified atom stereocenters. The number of para-hydroxylation sites is 1. The van der Waals surface area contributed by atoms with Crippen molar-refractivity contribution in [2.75, 3.05) is 11.9 Å². The molecule has 0 spiro atoms. The molecule has 2 aromatic rings. The molecule has 1 atom stereocenters. The van der Waals surface area contributed by atoms with Crippen LogP contribution in [0.5, 0.6) is 0 Å². The van der Waals surface area contributed by atoms with Crippen LogP contribution in [0.25, 0.3) is 0 Å². The second-order valence-electron chi connectivity index (χ2n) is 7.54. The van der Waals surface area contributed by atoms with Crippen molar-refractivity contribution in [2.24, 2.45) is 0 Å². The van der Waals surface area contributed by atoms with E-state index in [4.69, 9.17) is 4.74 Å². The lowest BCUT2D eigenvalue weighted by Crippen LogP contribution is -2.28. The lowest BCUT2D eigenvalue weighted by Gasteiger charge is -2.24. The van der Waals surface area contributed by atoms with Gasteiger partial charge in [0.1, 0.15) is 5.69 Å². The summed E-state index contributed by atoms with van der Waals surface area (Å²) in [5.41, 5.74) is 3.24. The van der Waals surface area contributed by atoms with Crippen LogP contribution in [-0.4, -0.2) is 35.7 Å². The van der Waals surface area contributed by atoms with Gasteiger partial charge in [-0.15, -0.1) is 0 Å². The summed E-state index contributed by atoms with van der Waals surface area (Å²) in [6.45, 7) is 7.08. The second-order valence-corrected chi connectivity index (χ2v) is 7.54. The molecule has 0 radical (unpaired) electrons. The molecular weight excluding hydrogens is 356 g/mol. The number of rotatable bonds is 5. The molecule has 0 aliphatic carbocycles. The van der Waals surface area contributed by atoms with Crippen LogP contribution in [0.1, 0.15) is 54.1 Å². The van der Waals surface area contributed by atoms with Gasteiger partial charge < -0.3 is 14.6 Å². The Hall–Kier alpha value is -3.15. The van der Waals surface area contributed by atoms with Gasteiger partial charge in [-0.2, -0.15) is 0 Å². The van der Waals surface area contributed by atoms with Crippen molar-refractivity contribution in [3.63, 3.8) is 0 Å². The number of aromatic amines is 1. The molecule has 6 heteroatoms. The van der Waals surface area contributed by atoms with E-state index in [1.54, 1.807) is 13.0 Å². The first kappa shape index (κ1) is 19.6. The maximum atomic E-state index is 12.7. The molecule has 0 fully saturated rings. The molecule has 1 aromatic heterocycles. The zero-order valence-corrected chi connectivity index (χ0v) is 16.7. The fourth-order valence-corrected chi connectivity index (χ4v) is 3.51. The molecule has 1 aromatic carbocycles. The Labute approximate surface area is 164 Å². The van der Waals surface area contributed by atoms with Gasteiger partial charge >= 0.3 is 5.97 Å². The fraction of sp³-hybridized carbons (Fsp3) is 0.318. The van der Waals surface area contributed by atoms with Crippen molar-refractivity contribution >= 4 is 23.2 Å². The molecule has 2 heterocycles. The number of H-pyrrole nitrogens is 1. The number of fused-ring (bicyclic) bond motifs is 1. The molecular formula is C22H24N2O4. The Kier molecular flexibility index (Phi) is 4.98. The summed E-state index contributed by atoms with van der Waals surface area (Å²) in [6.07, 6.45) is 2.05. The van der Waals surface area contributed by atoms with Crippen LogP contribution < -0.4 is 4.90 Å². The predicted octanol–water partition coefficient (Wildman–Crippen LogP) is 3.64. The first-order chi connectivity index (χ1) is 13.1. The molecule has 0 bridgehead atoms. The van der Waals surface area contributed by atoms with Crippen molar-refractivity contribution in [3.05, 3.63) is 65.1 Å². The largest absolute Gasteiger partial charge is 0.450 e. The maximum Gasteiger partial charge on any atom is 0.355 e. The van der Waals surface area contributed by atoms with Gasteiger partial charge in [0.2, 0.25) is 0 Å². The van der Waals surface area contributed by atoms with Crippen LogP contribution in [0.3, 0.4) is 0 Å². The first-order valence-electron chi connectivity index (χ1n) is 9.12. The number of allylic oxidation sites excluding steroid dienone is 1. The Balaban J connectivity index is 1.76. The van der Waals surface area contributed by atoms with Crippen LogP contribution in [0, 0.1) is 0 Å². The molecule has 0 amide bonds. The van der Waals surface area contributed by atoms with Gasteiger partial charge in [-0.05, 0) is 31.5 Å². The number of esters is 1. The number of hydrogen-bond acceptors (Lipinski definition) is 5. The van der Waals surface area contributed by atoms with E-state index in [1.165, 1.54) is 19.2 Å². The average molecular weight is 380 g/mol. The van der Waals surface area contributed by atoms with E-state index in [0.717, 1.165) is 16.9 Å². The van der Waals surface area contributed by atoms with Crippen LogP contribution in [0.2, 0.25) is 0 Å². The number of likely N-dealkylation sites (N-methyl/N-ethyl adjacent to an activating group) is 1. The fourth-order valence-electron chi connectivity index (χ4n) is 3.51. The van der Waals surface area contributed by atoms with Gasteiger partial charge in [-0.3, -0.25) is 9.59 Å². The van der Waals surface area contributed by atoms with E-state index in [9.17, 15) is 14.4 Å². The number of benzene rings is 1. The monoisotopic (exact) mass is 380 g/mol. The van der Waals surface area contributed by atoms with Crippen molar-refractivity contribution in [2.45, 2.75) is 39.2 Å². The zero-order chi connectivity index (χ0) is 20.6. The third-order valence-corrected chi connectivity index (χ3v) is 5.21. The van der Waals surface area contributed by atoms with E-state index in [-0.39, 0.29) is 22.7 Å². The molecule has 0 saturated heterocycles. The van der Waals surface area contributed by atoms with Crippen LogP contribution in [-0.2, 0) is 14.9 Å².